The molecule has 0 spiro atoms. The fourth-order valence-corrected chi connectivity index (χ4v) is 5.15. The summed E-state index contributed by atoms with van der Waals surface area (Å²) < 4.78 is 5.21. The van der Waals surface area contributed by atoms with Gasteiger partial charge in [-0.15, -0.1) is 23.4 Å². The number of β-lactam (4-membered cyclic amide) rings is 1. The zero-order valence-corrected chi connectivity index (χ0v) is 20.1. The number of nitrogens with zero attached hydrogens (tertiary/aromatic N) is 1. The van der Waals surface area contributed by atoms with Crippen LogP contribution in [0.15, 0.2) is 29.5 Å². The van der Waals surface area contributed by atoms with Gasteiger partial charge in [0.1, 0.15) is 28.8 Å². The number of alkyl halides is 1. The number of fused-ring (bicyclic) bond motifs is 1. The second kappa shape index (κ2) is 9.63. The molecule has 1 fully saturated rings. The van der Waals surface area contributed by atoms with Gasteiger partial charge in [-0.05, 0) is 44.0 Å². The smallest absolute Gasteiger partial charge is 0.408 e. The van der Waals surface area contributed by atoms with E-state index in [4.69, 9.17) is 16.3 Å². The lowest BCUT2D eigenvalue weighted by Crippen LogP contribution is -2.71. The first-order chi connectivity index (χ1) is 15.8. The Kier molecular flexibility index (Phi) is 7.22. The van der Waals surface area contributed by atoms with Crippen molar-refractivity contribution < 1.29 is 39.2 Å². The van der Waals surface area contributed by atoms with Crippen LogP contribution in [-0.2, 0) is 19.1 Å². The highest BCUT2D eigenvalue weighted by Crippen LogP contribution is 2.40. The minimum atomic E-state index is -1.38. The standard InChI is InChI=1S/C21H24ClN3O8S/c1-21(2,3)33-20(32)24-13(9-4-5-11(26)12(27)6-9)16(28)23-14-17(29)25-15(19(30)31)10(7-22)8-34-18(14)25/h4-6,13-14,18,26-27H,7-8H2,1-3H3,(H,23,28)(H,24,32)(H,30,31)/t13?,14-,18-/m1/s1. The number of rotatable bonds is 6. The number of phenolic OH excluding ortho intramolecular Hbond substituents is 2. The van der Waals surface area contributed by atoms with Crippen LogP contribution in [0.25, 0.3) is 0 Å². The molecule has 34 heavy (non-hydrogen) atoms. The van der Waals surface area contributed by atoms with E-state index in [9.17, 15) is 34.5 Å². The molecule has 2 heterocycles. The van der Waals surface area contributed by atoms with Crippen LogP contribution in [0.2, 0.25) is 0 Å². The van der Waals surface area contributed by atoms with Crippen LogP contribution in [0.1, 0.15) is 32.4 Å². The van der Waals surface area contributed by atoms with Gasteiger partial charge in [0.05, 0.1) is 0 Å². The molecule has 2 aliphatic rings. The average Bonchev–Trinajstić information content (AvgIpc) is 2.75. The van der Waals surface area contributed by atoms with E-state index in [0.717, 1.165) is 17.0 Å². The van der Waals surface area contributed by atoms with Gasteiger partial charge < -0.3 is 30.7 Å². The van der Waals surface area contributed by atoms with E-state index in [2.05, 4.69) is 10.6 Å². The van der Waals surface area contributed by atoms with Gasteiger partial charge in [-0.25, -0.2) is 9.59 Å². The zero-order chi connectivity index (χ0) is 25.4. The monoisotopic (exact) mass is 513 g/mol. The van der Waals surface area contributed by atoms with Crippen molar-refractivity contribution >= 4 is 47.2 Å². The van der Waals surface area contributed by atoms with Crippen LogP contribution < -0.4 is 10.6 Å². The molecule has 0 aliphatic carbocycles. The van der Waals surface area contributed by atoms with Crippen molar-refractivity contribution in [1.82, 2.24) is 15.5 Å². The molecule has 13 heteroatoms. The van der Waals surface area contributed by atoms with Crippen molar-refractivity contribution in [3.63, 3.8) is 0 Å². The highest BCUT2D eigenvalue weighted by Gasteiger charge is 2.54. The van der Waals surface area contributed by atoms with Crippen molar-refractivity contribution in [2.45, 2.75) is 43.8 Å². The van der Waals surface area contributed by atoms with E-state index in [-0.39, 0.29) is 22.9 Å². The van der Waals surface area contributed by atoms with Crippen molar-refractivity contribution in [3.8, 4) is 11.5 Å². The minimum Gasteiger partial charge on any atom is -0.504 e. The summed E-state index contributed by atoms with van der Waals surface area (Å²) in [5.74, 6) is -3.42. The van der Waals surface area contributed by atoms with E-state index < -0.39 is 58.4 Å². The molecule has 1 unspecified atom stereocenters. The largest absolute Gasteiger partial charge is 0.504 e. The normalized spacial score (nSPS) is 20.7. The lowest BCUT2D eigenvalue weighted by molar-refractivity contribution is -0.151. The highest BCUT2D eigenvalue weighted by molar-refractivity contribution is 8.00. The number of nitrogens with one attached hydrogen (secondary N) is 2. The summed E-state index contributed by atoms with van der Waals surface area (Å²) in [6, 6.07) is 1.13. The van der Waals surface area contributed by atoms with Gasteiger partial charge in [0.15, 0.2) is 11.5 Å². The van der Waals surface area contributed by atoms with Crippen molar-refractivity contribution in [3.05, 3.63) is 35.0 Å². The molecule has 1 aromatic rings. The van der Waals surface area contributed by atoms with Crippen LogP contribution in [0.4, 0.5) is 4.79 Å². The third-order valence-corrected chi connectivity index (χ3v) is 6.63. The number of carboxylic acids is 1. The molecular weight excluding hydrogens is 490 g/mol. The summed E-state index contributed by atoms with van der Waals surface area (Å²) in [7, 11) is 0. The Balaban J connectivity index is 1.83. The number of thioether (sulfide) groups is 1. The van der Waals surface area contributed by atoms with Gasteiger partial charge in [0, 0.05) is 11.6 Å². The number of halogens is 1. The average molecular weight is 514 g/mol. The van der Waals surface area contributed by atoms with Gasteiger partial charge in [-0.2, -0.15) is 0 Å². The molecule has 2 aliphatic heterocycles. The number of benzene rings is 1. The fraction of sp³-hybridized carbons (Fsp3) is 0.429. The maximum Gasteiger partial charge on any atom is 0.408 e. The second-order valence-electron chi connectivity index (χ2n) is 8.61. The molecule has 3 rings (SSSR count). The summed E-state index contributed by atoms with van der Waals surface area (Å²) >= 11 is 7.07. The number of aliphatic carboxylic acids is 1. The molecule has 0 radical (unpaired) electrons. The summed E-state index contributed by atoms with van der Waals surface area (Å²) in [4.78, 5) is 51.0. The van der Waals surface area contributed by atoms with Crippen molar-refractivity contribution in [2.24, 2.45) is 0 Å². The first-order valence-corrected chi connectivity index (χ1v) is 11.7. The third kappa shape index (κ3) is 5.17. The van der Waals surface area contributed by atoms with Crippen LogP contribution in [0, 0.1) is 0 Å². The van der Waals surface area contributed by atoms with E-state index in [1.807, 2.05) is 0 Å². The molecule has 0 saturated carbocycles. The Morgan fingerprint density at radius 2 is 1.94 bits per heavy atom. The first kappa shape index (κ1) is 25.5. The number of aromatic hydroxyl groups is 2. The highest BCUT2D eigenvalue weighted by atomic mass is 35.5. The van der Waals surface area contributed by atoms with Crippen LogP contribution in [0.3, 0.4) is 0 Å². The number of alkyl carbamates (subject to hydrolysis) is 1. The Morgan fingerprint density at radius 3 is 2.50 bits per heavy atom. The molecule has 1 saturated heterocycles. The molecule has 0 aromatic heterocycles. The predicted molar refractivity (Wildman–Crippen MR) is 122 cm³/mol. The zero-order valence-electron chi connectivity index (χ0n) is 18.5. The predicted octanol–water partition coefficient (Wildman–Crippen LogP) is 1.64. The van der Waals surface area contributed by atoms with Gasteiger partial charge in [0.2, 0.25) is 5.91 Å². The van der Waals surface area contributed by atoms with Gasteiger partial charge >= 0.3 is 12.1 Å². The van der Waals surface area contributed by atoms with E-state index in [1.54, 1.807) is 20.8 Å². The Morgan fingerprint density at radius 1 is 1.26 bits per heavy atom. The number of carbonyl (C=O) groups excluding carboxylic acids is 3. The Labute approximate surface area is 204 Å². The summed E-state index contributed by atoms with van der Waals surface area (Å²) in [6.07, 6.45) is -0.920. The topological polar surface area (TPSA) is 166 Å². The molecule has 5 N–H and O–H groups in total. The van der Waals surface area contributed by atoms with Crippen LogP contribution in [0.5, 0.6) is 11.5 Å². The molecule has 184 valence electrons. The minimum absolute atomic E-state index is 0.0472. The molecule has 11 nitrogen and oxygen atoms in total. The van der Waals surface area contributed by atoms with Crippen molar-refractivity contribution in [2.75, 3.05) is 11.6 Å². The number of ether oxygens (including phenoxy) is 1. The molecule has 3 amide bonds. The number of amides is 3. The Hall–Kier alpha value is -3.12. The summed E-state index contributed by atoms with van der Waals surface area (Å²) in [5, 5.41) is 33.2. The maximum atomic E-state index is 13.1. The number of carbonyl (C=O) groups is 4. The van der Waals surface area contributed by atoms with E-state index >= 15 is 0 Å². The third-order valence-electron chi connectivity index (χ3n) is 4.96. The summed E-state index contributed by atoms with van der Waals surface area (Å²) in [5.41, 5.74) is -0.529. The number of hydrogen-bond donors (Lipinski definition) is 5. The maximum absolute atomic E-state index is 13.1. The SMILES string of the molecule is CC(C)(C)OC(=O)NC(C(=O)N[C@@H]1C(=O)N2C(C(=O)O)=C(CCl)CS[C@H]12)c1ccc(O)c(O)c1. The van der Waals surface area contributed by atoms with Gasteiger partial charge in [-0.3, -0.25) is 14.5 Å². The van der Waals surface area contributed by atoms with E-state index in [1.165, 1.54) is 17.8 Å². The molecule has 1 aromatic carbocycles. The Bertz CT molecular complexity index is 1070. The molecule has 3 atom stereocenters. The number of phenols is 2. The number of carboxylic acid groups (broad SMARTS) is 1. The van der Waals surface area contributed by atoms with Gasteiger partial charge in [-0.1, -0.05) is 6.07 Å². The lowest BCUT2D eigenvalue weighted by atomic mass is 10.0. The van der Waals surface area contributed by atoms with Crippen molar-refractivity contribution in [1.29, 1.82) is 0 Å². The summed E-state index contributed by atoms with van der Waals surface area (Å²) in [6.45, 7) is 4.91. The lowest BCUT2D eigenvalue weighted by Gasteiger charge is -2.49. The fourth-order valence-electron chi connectivity index (χ4n) is 3.47. The van der Waals surface area contributed by atoms with E-state index in [0.29, 0.717) is 5.57 Å². The van der Waals surface area contributed by atoms with Crippen LogP contribution >= 0.6 is 23.4 Å². The first-order valence-electron chi connectivity index (χ1n) is 10.1. The van der Waals surface area contributed by atoms with Gasteiger partial charge in [0.25, 0.3) is 5.91 Å². The van der Waals surface area contributed by atoms with Crippen LogP contribution in [-0.4, -0.2) is 72.7 Å². The molecular formula is C21H24ClN3O8S. The second-order valence-corrected chi connectivity index (χ2v) is 9.99. The molecule has 0 bridgehead atoms. The quantitative estimate of drug-likeness (QED) is 0.216. The number of hydrogen-bond acceptors (Lipinski definition) is 8.